The van der Waals surface area contributed by atoms with Crippen LogP contribution in [0.2, 0.25) is 13.3 Å². The first kappa shape index (κ1) is 49.7. The van der Waals surface area contributed by atoms with Crippen LogP contribution in [0.3, 0.4) is 0 Å². The molecule has 0 saturated heterocycles. The molecule has 1 aliphatic rings. The third kappa shape index (κ3) is 12.7. The second-order valence-corrected chi connectivity index (χ2v) is 35.3. The van der Waals surface area contributed by atoms with E-state index in [1.54, 1.807) is 67.6 Å². The second kappa shape index (κ2) is 26.4. The first-order valence-corrected chi connectivity index (χ1v) is 35.1. The van der Waals surface area contributed by atoms with Crippen molar-refractivity contribution < 1.29 is 0 Å². The number of rotatable bonds is 32. The molecular formula is C57H88S2Sn. The van der Waals surface area contributed by atoms with Gasteiger partial charge in [-0.1, -0.05) is 27.7 Å². The molecule has 60 heavy (non-hydrogen) atoms. The van der Waals surface area contributed by atoms with Crippen molar-refractivity contribution in [3.05, 3.63) is 98.4 Å². The Hall–Kier alpha value is -1.36. The summed E-state index contributed by atoms with van der Waals surface area (Å²) >= 11 is 1.63. The molecule has 332 valence electrons. The van der Waals surface area contributed by atoms with Crippen LogP contribution in [0.25, 0.3) is 9.75 Å². The Morgan fingerprint density at radius 1 is 0.400 bits per heavy atom. The Morgan fingerprint density at radius 2 is 0.783 bits per heavy atom. The summed E-state index contributed by atoms with van der Waals surface area (Å²) in [6.07, 6.45) is 34.2. The van der Waals surface area contributed by atoms with Crippen LogP contribution >= 0.6 is 22.7 Å². The average Bonchev–Trinajstić information content (AvgIpc) is 3.98. The number of aryl methyl sites for hydroxylation is 4. The monoisotopic (exact) mass is 957 g/mol. The minimum absolute atomic E-state index is 0.257. The van der Waals surface area contributed by atoms with E-state index in [2.05, 4.69) is 125 Å². The predicted octanol–water partition coefficient (Wildman–Crippen LogP) is 18.7. The maximum absolute atomic E-state index is 2.94. The van der Waals surface area contributed by atoms with Crippen LogP contribution in [-0.2, 0) is 31.1 Å². The van der Waals surface area contributed by atoms with Gasteiger partial charge in [0.15, 0.2) is 0 Å². The fourth-order valence-electron chi connectivity index (χ4n) is 10.7. The van der Waals surface area contributed by atoms with E-state index in [0.29, 0.717) is 0 Å². The van der Waals surface area contributed by atoms with Crippen LogP contribution in [-0.4, -0.2) is 18.4 Å². The quantitative estimate of drug-likeness (QED) is 0.0298. The summed E-state index contributed by atoms with van der Waals surface area (Å²) in [7, 11) is 0. The summed E-state index contributed by atoms with van der Waals surface area (Å²) in [6.45, 7) is 16.7. The third-order valence-corrected chi connectivity index (χ3v) is 34.6. The van der Waals surface area contributed by atoms with E-state index >= 15 is 0 Å². The average molecular weight is 956 g/mol. The molecule has 0 bridgehead atoms. The molecule has 0 saturated carbocycles. The number of thiophene rings is 2. The molecule has 0 aliphatic heterocycles. The molecule has 2 aromatic carbocycles. The van der Waals surface area contributed by atoms with Gasteiger partial charge >= 0.3 is 359 Å². The van der Waals surface area contributed by atoms with Gasteiger partial charge in [0.05, 0.1) is 0 Å². The van der Waals surface area contributed by atoms with Crippen LogP contribution < -0.4 is 2.89 Å². The van der Waals surface area contributed by atoms with Crippen molar-refractivity contribution >= 4 is 43.9 Å². The maximum atomic E-state index is 2.94. The Balaban J connectivity index is 1.81. The van der Waals surface area contributed by atoms with E-state index in [-0.39, 0.29) is 5.41 Å². The van der Waals surface area contributed by atoms with Crippen LogP contribution in [0.1, 0.15) is 234 Å². The minimum atomic E-state index is -2.73. The van der Waals surface area contributed by atoms with Gasteiger partial charge in [-0.05, 0) is 0 Å². The zero-order valence-electron chi connectivity index (χ0n) is 40.0. The summed E-state index contributed by atoms with van der Waals surface area (Å²) in [4.78, 5) is 3.25. The van der Waals surface area contributed by atoms with Crippen molar-refractivity contribution in [3.63, 3.8) is 0 Å². The summed E-state index contributed by atoms with van der Waals surface area (Å²) in [5, 5.41) is 2.46. The van der Waals surface area contributed by atoms with Gasteiger partial charge in [0.1, 0.15) is 0 Å². The van der Waals surface area contributed by atoms with E-state index in [0.717, 1.165) is 0 Å². The Labute approximate surface area is 383 Å². The summed E-state index contributed by atoms with van der Waals surface area (Å²) < 4.78 is 6.54. The number of benzene rings is 2. The van der Waals surface area contributed by atoms with E-state index in [4.69, 9.17) is 0 Å². The number of unbranched alkanes of at least 4 members (excludes halogenated alkanes) is 15. The molecule has 2 aromatic heterocycles. The second-order valence-electron chi connectivity index (χ2n) is 19.2. The first-order chi connectivity index (χ1) is 29.4. The molecule has 0 amide bonds. The van der Waals surface area contributed by atoms with Crippen molar-refractivity contribution in [3.8, 4) is 9.75 Å². The van der Waals surface area contributed by atoms with Gasteiger partial charge in [0.25, 0.3) is 0 Å². The van der Waals surface area contributed by atoms with Crippen molar-refractivity contribution in [1.29, 1.82) is 0 Å². The van der Waals surface area contributed by atoms with Crippen molar-refractivity contribution in [2.75, 3.05) is 0 Å². The molecule has 5 rings (SSSR count). The SMILES string of the molecule is CCCCCCc1cc(CCCCCC)cc(C2(c3cc(CCCCCC)cc(CCCCCC)c3)c3ccsc3-c3s[c]([Sn]([CH2]CCC)([CH2]CCC)[CH2]CCC)cc32)c1. The van der Waals surface area contributed by atoms with Gasteiger partial charge in [-0.25, -0.2) is 0 Å². The van der Waals surface area contributed by atoms with Crippen molar-refractivity contribution in [2.45, 2.75) is 234 Å². The molecule has 0 radical (unpaired) electrons. The van der Waals surface area contributed by atoms with Gasteiger partial charge in [-0.3, -0.25) is 0 Å². The predicted molar refractivity (Wildman–Crippen MR) is 275 cm³/mol. The summed E-state index contributed by atoms with van der Waals surface area (Å²) in [5.74, 6) is 0. The zero-order valence-corrected chi connectivity index (χ0v) is 44.5. The van der Waals surface area contributed by atoms with Gasteiger partial charge in [0.2, 0.25) is 0 Å². The molecule has 3 heteroatoms. The molecule has 1 aliphatic carbocycles. The Bertz CT molecular complexity index is 1650. The first-order valence-electron chi connectivity index (χ1n) is 25.9. The number of fused-ring (bicyclic) bond motifs is 3. The molecular weight excluding hydrogens is 867 g/mol. The molecule has 2 heterocycles. The Morgan fingerprint density at radius 3 is 1.15 bits per heavy atom. The topological polar surface area (TPSA) is 0 Å². The van der Waals surface area contributed by atoms with Crippen molar-refractivity contribution in [1.82, 2.24) is 0 Å². The zero-order chi connectivity index (χ0) is 42.6. The number of hydrogen-bond acceptors (Lipinski definition) is 2. The van der Waals surface area contributed by atoms with Crippen LogP contribution in [0.15, 0.2) is 53.9 Å². The van der Waals surface area contributed by atoms with Gasteiger partial charge in [-0.2, -0.15) is 0 Å². The molecule has 0 nitrogen and oxygen atoms in total. The molecule has 0 N–H and O–H groups in total. The Kier molecular flexibility index (Phi) is 21.9. The van der Waals surface area contributed by atoms with Gasteiger partial charge < -0.3 is 0 Å². The van der Waals surface area contributed by atoms with E-state index in [9.17, 15) is 0 Å². The molecule has 0 fully saturated rings. The summed E-state index contributed by atoms with van der Waals surface area (Å²) in [5.41, 5.74) is 12.5. The molecule has 0 unspecified atom stereocenters. The third-order valence-electron chi connectivity index (χ3n) is 14.2. The standard InChI is InChI=1S/C45H61S2.3C4H9.Sn/c1-5-9-13-17-21-35-29-36(22-18-14-10-6-2)32-39(31-35)45(41-25-27-46-43(41)44-42(45)26-28-47-44)40-33-37(23-19-15-11-7-3)30-38(34-40)24-20-16-12-8-4;3*1-3-4-2;/h25-27,29-34H,5-24H2,1-4H3;3*1,3-4H2,2H3;. The van der Waals surface area contributed by atoms with Gasteiger partial charge in [-0.15, -0.1) is 0 Å². The molecule has 0 spiro atoms. The van der Waals surface area contributed by atoms with E-state index in [1.165, 1.54) is 167 Å². The summed E-state index contributed by atoms with van der Waals surface area (Å²) in [6, 6.07) is 21.8. The normalized spacial score (nSPS) is 13.3. The molecule has 0 atom stereocenters. The fourth-order valence-corrected chi connectivity index (χ4v) is 32.1. The molecule has 4 aromatic rings. The van der Waals surface area contributed by atoms with Gasteiger partial charge in [0, 0.05) is 0 Å². The van der Waals surface area contributed by atoms with Crippen LogP contribution in [0.4, 0.5) is 0 Å². The number of hydrogen-bond donors (Lipinski definition) is 0. The van der Waals surface area contributed by atoms with Crippen LogP contribution in [0.5, 0.6) is 0 Å². The van der Waals surface area contributed by atoms with E-state index < -0.39 is 18.4 Å². The van der Waals surface area contributed by atoms with Crippen LogP contribution in [0, 0.1) is 0 Å². The van der Waals surface area contributed by atoms with Crippen molar-refractivity contribution in [2.24, 2.45) is 0 Å². The van der Waals surface area contributed by atoms with E-state index in [1.807, 2.05) is 2.89 Å². The fraction of sp³-hybridized carbons (Fsp3) is 0.649.